The molecule has 5 nitrogen and oxygen atoms in total. The molecule has 0 aliphatic carbocycles. The zero-order chi connectivity index (χ0) is 14.4. The number of aromatic nitrogens is 3. The van der Waals surface area contributed by atoms with E-state index in [1.165, 1.54) is 25.7 Å². The fourth-order valence-electron chi connectivity index (χ4n) is 4.11. The van der Waals surface area contributed by atoms with Crippen LogP contribution in [0.4, 0.5) is 5.82 Å². The highest BCUT2D eigenvalue weighted by atomic mass is 15.2. The molecule has 5 heteroatoms. The molecule has 0 radical (unpaired) electrons. The minimum absolute atomic E-state index is 0.768. The molecule has 21 heavy (non-hydrogen) atoms. The molecule has 2 unspecified atom stereocenters. The fourth-order valence-corrected chi connectivity index (χ4v) is 4.11. The summed E-state index contributed by atoms with van der Waals surface area (Å²) in [6.07, 6.45) is 9.13. The third kappa shape index (κ3) is 2.29. The lowest BCUT2D eigenvalue weighted by atomic mass is 9.91. The molecule has 1 N–H and O–H groups in total. The Hall–Kier alpha value is -1.62. The molecule has 2 aromatic rings. The Morgan fingerprint density at radius 3 is 2.81 bits per heavy atom. The first kappa shape index (κ1) is 13.1. The van der Waals surface area contributed by atoms with Gasteiger partial charge in [0.2, 0.25) is 0 Å². The lowest BCUT2D eigenvalue weighted by Gasteiger charge is -2.36. The van der Waals surface area contributed by atoms with Gasteiger partial charge in [-0.25, -0.2) is 9.50 Å². The minimum atomic E-state index is 0.768. The van der Waals surface area contributed by atoms with Crippen molar-refractivity contribution in [3.63, 3.8) is 0 Å². The summed E-state index contributed by atoms with van der Waals surface area (Å²) in [7, 11) is 2.29. The van der Waals surface area contributed by atoms with Crippen molar-refractivity contribution in [2.45, 2.75) is 44.7 Å². The number of hydrogen-bond acceptors (Lipinski definition) is 4. The van der Waals surface area contributed by atoms with Crippen LogP contribution < -0.4 is 5.32 Å². The second-order valence-electron chi connectivity index (χ2n) is 6.66. The maximum absolute atomic E-state index is 4.49. The number of fused-ring (bicyclic) bond motifs is 3. The molecule has 2 aliphatic heterocycles. The number of rotatable bonds is 3. The van der Waals surface area contributed by atoms with Gasteiger partial charge in [0.1, 0.15) is 5.52 Å². The summed E-state index contributed by atoms with van der Waals surface area (Å²) in [6, 6.07) is 3.70. The largest absolute Gasteiger partial charge is 0.368 e. The molecule has 0 amide bonds. The first-order chi connectivity index (χ1) is 10.2. The van der Waals surface area contributed by atoms with Gasteiger partial charge >= 0.3 is 0 Å². The second kappa shape index (κ2) is 4.98. The highest BCUT2D eigenvalue weighted by Gasteiger charge is 2.38. The smallest absolute Gasteiger partial charge is 0.152 e. The SMILES string of the molecule is Cc1cc2c(NCC3CC4CCC(C3)N4C)nccn2n1. The molecule has 2 fully saturated rings. The monoisotopic (exact) mass is 285 g/mol. The van der Waals surface area contributed by atoms with Crippen molar-refractivity contribution in [1.82, 2.24) is 19.5 Å². The van der Waals surface area contributed by atoms with Crippen LogP contribution in [0.1, 0.15) is 31.4 Å². The summed E-state index contributed by atoms with van der Waals surface area (Å²) in [4.78, 5) is 7.08. The average Bonchev–Trinajstić information content (AvgIpc) is 2.92. The van der Waals surface area contributed by atoms with Crippen LogP contribution in [0.15, 0.2) is 18.5 Å². The van der Waals surface area contributed by atoms with Crippen molar-refractivity contribution in [2.24, 2.45) is 5.92 Å². The Labute approximate surface area is 125 Å². The molecule has 0 aromatic carbocycles. The van der Waals surface area contributed by atoms with Gasteiger partial charge in [-0.1, -0.05) is 0 Å². The van der Waals surface area contributed by atoms with E-state index in [2.05, 4.69) is 33.4 Å². The first-order valence-electron chi connectivity index (χ1n) is 7.97. The number of nitrogens with zero attached hydrogens (tertiary/aromatic N) is 4. The van der Waals surface area contributed by atoms with Crippen LogP contribution in [0.25, 0.3) is 5.52 Å². The van der Waals surface area contributed by atoms with E-state index in [-0.39, 0.29) is 0 Å². The average molecular weight is 285 g/mol. The summed E-state index contributed by atoms with van der Waals surface area (Å²) in [5.41, 5.74) is 2.11. The minimum Gasteiger partial charge on any atom is -0.368 e. The van der Waals surface area contributed by atoms with Gasteiger partial charge < -0.3 is 10.2 Å². The third-order valence-corrected chi connectivity index (χ3v) is 5.27. The molecule has 4 heterocycles. The number of anilines is 1. The van der Waals surface area contributed by atoms with Crippen LogP contribution in [-0.4, -0.2) is 45.2 Å². The lowest BCUT2D eigenvalue weighted by molar-refractivity contribution is 0.139. The summed E-state index contributed by atoms with van der Waals surface area (Å²) >= 11 is 0. The van der Waals surface area contributed by atoms with E-state index in [0.29, 0.717) is 0 Å². The Morgan fingerprint density at radius 2 is 2.05 bits per heavy atom. The van der Waals surface area contributed by atoms with E-state index in [0.717, 1.165) is 41.6 Å². The molecule has 2 aliphatic rings. The zero-order valence-corrected chi connectivity index (χ0v) is 12.8. The van der Waals surface area contributed by atoms with Crippen LogP contribution in [0.5, 0.6) is 0 Å². The number of nitrogens with one attached hydrogen (secondary N) is 1. The van der Waals surface area contributed by atoms with Crippen molar-refractivity contribution >= 4 is 11.3 Å². The molecular weight excluding hydrogens is 262 g/mol. The first-order valence-corrected chi connectivity index (χ1v) is 7.97. The standard InChI is InChI=1S/C16H23N5/c1-11-7-15-16(17-5-6-21(15)19-11)18-10-12-8-13-3-4-14(9-12)20(13)2/h5-7,12-14H,3-4,8-10H2,1-2H3,(H,17,18). The third-order valence-electron chi connectivity index (χ3n) is 5.27. The van der Waals surface area contributed by atoms with Crippen molar-refractivity contribution in [3.8, 4) is 0 Å². The molecule has 0 spiro atoms. The number of aryl methyl sites for hydroxylation is 1. The Bertz CT molecular complexity index is 635. The molecule has 4 rings (SSSR count). The predicted molar refractivity (Wildman–Crippen MR) is 83.5 cm³/mol. The van der Waals surface area contributed by atoms with Gasteiger partial charge in [-0.2, -0.15) is 5.10 Å². The maximum Gasteiger partial charge on any atom is 0.152 e. The van der Waals surface area contributed by atoms with Crippen LogP contribution >= 0.6 is 0 Å². The van der Waals surface area contributed by atoms with E-state index >= 15 is 0 Å². The highest BCUT2D eigenvalue weighted by Crippen LogP contribution is 2.37. The highest BCUT2D eigenvalue weighted by molar-refractivity contribution is 5.67. The number of piperidine rings is 1. The quantitative estimate of drug-likeness (QED) is 0.940. The number of hydrogen-bond donors (Lipinski definition) is 1. The van der Waals surface area contributed by atoms with Gasteiger partial charge in [-0.3, -0.25) is 0 Å². The van der Waals surface area contributed by atoms with E-state index in [1.807, 2.05) is 23.8 Å². The van der Waals surface area contributed by atoms with E-state index in [1.54, 1.807) is 0 Å². The van der Waals surface area contributed by atoms with E-state index in [9.17, 15) is 0 Å². The van der Waals surface area contributed by atoms with Gasteiger partial charge in [-0.15, -0.1) is 0 Å². The normalized spacial score (nSPS) is 29.1. The lowest BCUT2D eigenvalue weighted by Crippen LogP contribution is -2.41. The molecule has 2 bridgehead atoms. The summed E-state index contributed by atoms with van der Waals surface area (Å²) in [5.74, 6) is 1.73. The second-order valence-corrected chi connectivity index (χ2v) is 6.66. The van der Waals surface area contributed by atoms with Crippen molar-refractivity contribution in [1.29, 1.82) is 0 Å². The molecular formula is C16H23N5. The van der Waals surface area contributed by atoms with Gasteiger partial charge in [0.15, 0.2) is 5.82 Å². The molecule has 0 saturated carbocycles. The van der Waals surface area contributed by atoms with Gasteiger partial charge in [-0.05, 0) is 51.6 Å². The fraction of sp³-hybridized carbons (Fsp3) is 0.625. The van der Waals surface area contributed by atoms with Gasteiger partial charge in [0.25, 0.3) is 0 Å². The topological polar surface area (TPSA) is 45.5 Å². The summed E-state index contributed by atoms with van der Waals surface area (Å²) in [5, 5.41) is 8.01. The Kier molecular flexibility index (Phi) is 3.10. The summed E-state index contributed by atoms with van der Waals surface area (Å²) < 4.78 is 1.91. The summed E-state index contributed by atoms with van der Waals surface area (Å²) in [6.45, 7) is 3.04. The van der Waals surface area contributed by atoms with Crippen LogP contribution in [-0.2, 0) is 0 Å². The maximum atomic E-state index is 4.49. The Morgan fingerprint density at radius 1 is 1.29 bits per heavy atom. The van der Waals surface area contributed by atoms with Crippen molar-refractivity contribution < 1.29 is 0 Å². The Balaban J connectivity index is 1.47. The van der Waals surface area contributed by atoms with Crippen molar-refractivity contribution in [2.75, 3.05) is 18.9 Å². The van der Waals surface area contributed by atoms with Crippen LogP contribution in [0.2, 0.25) is 0 Å². The van der Waals surface area contributed by atoms with Crippen LogP contribution in [0, 0.1) is 12.8 Å². The molecule has 2 aromatic heterocycles. The van der Waals surface area contributed by atoms with Gasteiger partial charge in [0.05, 0.1) is 5.69 Å². The van der Waals surface area contributed by atoms with E-state index < -0.39 is 0 Å². The van der Waals surface area contributed by atoms with Gasteiger partial charge in [0, 0.05) is 31.0 Å². The van der Waals surface area contributed by atoms with E-state index in [4.69, 9.17) is 0 Å². The van der Waals surface area contributed by atoms with Crippen molar-refractivity contribution in [3.05, 3.63) is 24.2 Å². The molecule has 112 valence electrons. The molecule has 2 atom stereocenters. The molecule has 2 saturated heterocycles. The predicted octanol–water partition coefficient (Wildman–Crippen LogP) is 2.32. The van der Waals surface area contributed by atoms with Crippen LogP contribution in [0.3, 0.4) is 0 Å². The zero-order valence-electron chi connectivity index (χ0n) is 12.8.